The van der Waals surface area contributed by atoms with Crippen LogP contribution in [0.15, 0.2) is 61.1 Å². The van der Waals surface area contributed by atoms with Crippen LogP contribution in [0.1, 0.15) is 28.9 Å². The van der Waals surface area contributed by atoms with E-state index in [2.05, 4.69) is 15.0 Å². The molecule has 1 aliphatic heterocycles. The molecule has 3 aromatic rings. The van der Waals surface area contributed by atoms with Crippen molar-refractivity contribution in [3.63, 3.8) is 0 Å². The lowest BCUT2D eigenvalue weighted by molar-refractivity contribution is -0.137. The molecule has 3 atom stereocenters. The molecule has 0 N–H and O–H groups in total. The predicted octanol–water partition coefficient (Wildman–Crippen LogP) is 4.24. The summed E-state index contributed by atoms with van der Waals surface area (Å²) in [5.74, 6) is 0.158. The molecule has 0 radical (unpaired) electrons. The molecule has 1 saturated heterocycles. The molecule has 9 heteroatoms. The number of likely N-dealkylation sites (tertiary alicyclic amines) is 1. The Balaban J connectivity index is 1.35. The van der Waals surface area contributed by atoms with E-state index in [4.69, 9.17) is 4.74 Å². The number of halogens is 3. The lowest BCUT2D eigenvalue weighted by atomic mass is 10.1. The number of amides is 1. The van der Waals surface area contributed by atoms with Crippen molar-refractivity contribution in [3.8, 4) is 17.1 Å². The largest absolute Gasteiger partial charge is 0.472 e. The van der Waals surface area contributed by atoms with Gasteiger partial charge in [0.2, 0.25) is 5.88 Å². The van der Waals surface area contributed by atoms with Gasteiger partial charge in [0, 0.05) is 36.8 Å². The second kappa shape index (κ2) is 7.89. The number of carbonyl (C=O) groups is 1. The van der Waals surface area contributed by atoms with E-state index in [-0.39, 0.29) is 35.5 Å². The second-order valence-electron chi connectivity index (χ2n) is 8.02. The van der Waals surface area contributed by atoms with Gasteiger partial charge in [0.1, 0.15) is 11.8 Å². The number of pyridine rings is 1. The highest BCUT2D eigenvalue weighted by Crippen LogP contribution is 2.41. The number of carbonyl (C=O) groups excluding carboxylic acids is 1. The van der Waals surface area contributed by atoms with Gasteiger partial charge in [-0.1, -0.05) is 30.3 Å². The minimum atomic E-state index is -4.45. The number of hydrogen-bond acceptors (Lipinski definition) is 5. The first kappa shape index (κ1) is 20.4. The molecule has 2 bridgehead atoms. The summed E-state index contributed by atoms with van der Waals surface area (Å²) in [6.07, 6.45) is 0.525. The fourth-order valence-corrected chi connectivity index (χ4v) is 4.54. The summed E-state index contributed by atoms with van der Waals surface area (Å²) in [6.45, 7) is 0.592. The number of nitrogens with zero attached hydrogens (tertiary/aromatic N) is 4. The number of piperidine rings is 1. The van der Waals surface area contributed by atoms with E-state index in [1.165, 1.54) is 12.3 Å². The van der Waals surface area contributed by atoms with Crippen LogP contribution < -0.4 is 4.74 Å². The molecule has 2 aromatic heterocycles. The average molecular weight is 440 g/mol. The zero-order valence-electron chi connectivity index (χ0n) is 16.9. The smallest absolute Gasteiger partial charge is 0.417 e. The Morgan fingerprint density at radius 3 is 2.47 bits per heavy atom. The van der Waals surface area contributed by atoms with Crippen molar-refractivity contribution in [2.75, 3.05) is 6.54 Å². The van der Waals surface area contributed by atoms with Crippen LogP contribution in [0.3, 0.4) is 0 Å². The normalized spacial score (nSPS) is 22.2. The number of fused-ring (bicyclic) bond motifs is 2. The summed E-state index contributed by atoms with van der Waals surface area (Å²) in [4.78, 5) is 27.7. The van der Waals surface area contributed by atoms with Gasteiger partial charge < -0.3 is 9.64 Å². The van der Waals surface area contributed by atoms with Crippen LogP contribution in [0.2, 0.25) is 0 Å². The summed E-state index contributed by atoms with van der Waals surface area (Å²) < 4.78 is 44.2. The molecule has 1 saturated carbocycles. The average Bonchev–Trinajstić information content (AvgIpc) is 3.40. The Kier molecular flexibility index (Phi) is 5.03. The Morgan fingerprint density at radius 2 is 1.78 bits per heavy atom. The Bertz CT molecular complexity index is 1120. The third-order valence-electron chi connectivity index (χ3n) is 5.97. The molecule has 1 aliphatic carbocycles. The molecular formula is C23H19F3N4O2. The van der Waals surface area contributed by atoms with Crippen molar-refractivity contribution in [2.45, 2.75) is 31.2 Å². The summed E-state index contributed by atoms with van der Waals surface area (Å²) in [6, 6.07) is 11.4. The van der Waals surface area contributed by atoms with Crippen molar-refractivity contribution in [1.82, 2.24) is 19.9 Å². The standard InChI is InChI=1S/C23H19F3N4O2/c24-23(25,26)16-6-7-19(29-12-16)32-18-11-14-10-17(18)30(13-14)22(31)21-20(27-8-9-28-21)15-4-2-1-3-5-15/h1-9,12,14,17-18H,10-11,13H2/t14-,17+,18-/m1/s1. The number of ether oxygens (including phenoxy) is 1. The molecule has 164 valence electrons. The fourth-order valence-electron chi connectivity index (χ4n) is 4.54. The van der Waals surface area contributed by atoms with E-state index >= 15 is 0 Å². The molecule has 32 heavy (non-hydrogen) atoms. The minimum Gasteiger partial charge on any atom is -0.472 e. The van der Waals surface area contributed by atoms with E-state index < -0.39 is 11.7 Å². The van der Waals surface area contributed by atoms with Gasteiger partial charge in [-0.25, -0.2) is 9.97 Å². The number of hydrogen-bond donors (Lipinski definition) is 0. The van der Waals surface area contributed by atoms with Crippen molar-refractivity contribution in [3.05, 3.63) is 72.3 Å². The van der Waals surface area contributed by atoms with Crippen molar-refractivity contribution in [1.29, 1.82) is 0 Å². The van der Waals surface area contributed by atoms with Gasteiger partial charge in [-0.3, -0.25) is 9.78 Å². The van der Waals surface area contributed by atoms with Crippen LogP contribution in [0.5, 0.6) is 5.88 Å². The van der Waals surface area contributed by atoms with Crippen LogP contribution in [0, 0.1) is 5.92 Å². The zero-order valence-corrected chi connectivity index (χ0v) is 16.9. The maximum absolute atomic E-state index is 13.4. The molecule has 5 rings (SSSR count). The van der Waals surface area contributed by atoms with Gasteiger partial charge in [0.25, 0.3) is 5.91 Å². The zero-order chi connectivity index (χ0) is 22.3. The van der Waals surface area contributed by atoms with E-state index in [0.29, 0.717) is 12.2 Å². The summed E-state index contributed by atoms with van der Waals surface area (Å²) in [5, 5.41) is 0. The highest BCUT2D eigenvalue weighted by molar-refractivity contribution is 5.98. The molecular weight excluding hydrogens is 421 g/mol. The second-order valence-corrected chi connectivity index (χ2v) is 8.02. The third kappa shape index (κ3) is 3.79. The quantitative estimate of drug-likeness (QED) is 0.607. The Morgan fingerprint density at radius 1 is 1.00 bits per heavy atom. The van der Waals surface area contributed by atoms with Crippen LogP contribution in [0.25, 0.3) is 11.3 Å². The molecule has 2 aliphatic rings. The Hall–Kier alpha value is -3.49. The van der Waals surface area contributed by atoms with Crippen molar-refractivity contribution in [2.24, 2.45) is 5.92 Å². The van der Waals surface area contributed by atoms with Crippen LogP contribution >= 0.6 is 0 Å². The van der Waals surface area contributed by atoms with Gasteiger partial charge in [-0.2, -0.15) is 13.2 Å². The van der Waals surface area contributed by atoms with Gasteiger partial charge in [-0.05, 0) is 24.8 Å². The third-order valence-corrected chi connectivity index (χ3v) is 5.97. The van der Waals surface area contributed by atoms with Gasteiger partial charge in [0.15, 0.2) is 5.69 Å². The van der Waals surface area contributed by atoms with E-state index in [1.807, 2.05) is 30.3 Å². The lowest BCUT2D eigenvalue weighted by Gasteiger charge is -2.33. The maximum Gasteiger partial charge on any atom is 0.417 e. The molecule has 3 heterocycles. The topological polar surface area (TPSA) is 68.2 Å². The van der Waals surface area contributed by atoms with Crippen LogP contribution in [-0.2, 0) is 6.18 Å². The molecule has 1 amide bonds. The van der Waals surface area contributed by atoms with E-state index in [9.17, 15) is 18.0 Å². The van der Waals surface area contributed by atoms with Crippen molar-refractivity contribution < 1.29 is 22.7 Å². The fraction of sp³-hybridized carbons (Fsp3) is 0.304. The highest BCUT2D eigenvalue weighted by atomic mass is 19.4. The van der Waals surface area contributed by atoms with Gasteiger partial charge in [0.05, 0.1) is 11.6 Å². The van der Waals surface area contributed by atoms with Crippen LogP contribution in [0.4, 0.5) is 13.2 Å². The molecule has 0 unspecified atom stereocenters. The molecule has 2 fully saturated rings. The summed E-state index contributed by atoms with van der Waals surface area (Å²) in [5.41, 5.74) is 0.765. The monoisotopic (exact) mass is 440 g/mol. The van der Waals surface area contributed by atoms with Gasteiger partial charge >= 0.3 is 6.18 Å². The molecule has 6 nitrogen and oxygen atoms in total. The predicted molar refractivity (Wildman–Crippen MR) is 109 cm³/mol. The first-order valence-electron chi connectivity index (χ1n) is 10.3. The highest BCUT2D eigenvalue weighted by Gasteiger charge is 2.49. The number of alkyl halides is 3. The van der Waals surface area contributed by atoms with Crippen molar-refractivity contribution >= 4 is 5.91 Å². The molecule has 0 spiro atoms. The molecule has 1 aromatic carbocycles. The Labute approximate surface area is 182 Å². The maximum atomic E-state index is 13.4. The summed E-state index contributed by atoms with van der Waals surface area (Å²) in [7, 11) is 0. The lowest BCUT2D eigenvalue weighted by Crippen LogP contribution is -2.47. The van der Waals surface area contributed by atoms with E-state index in [1.54, 1.807) is 11.1 Å². The first-order valence-corrected chi connectivity index (χ1v) is 10.3. The summed E-state index contributed by atoms with van der Waals surface area (Å²) >= 11 is 0. The number of benzene rings is 1. The number of aromatic nitrogens is 3. The van der Waals surface area contributed by atoms with E-state index in [0.717, 1.165) is 30.7 Å². The van der Waals surface area contributed by atoms with Gasteiger partial charge in [-0.15, -0.1) is 0 Å². The van der Waals surface area contributed by atoms with Crippen LogP contribution in [-0.4, -0.2) is 44.4 Å². The number of rotatable bonds is 4. The minimum absolute atomic E-state index is 0.118. The first-order chi connectivity index (χ1) is 15.4. The SMILES string of the molecule is O=C(c1nccnc1-c1ccccc1)N1C[C@H]2C[C@@H](Oc3ccc(C(F)(F)F)cn3)[C@@H]1C2.